The van der Waals surface area contributed by atoms with E-state index >= 15 is 0 Å². The van der Waals surface area contributed by atoms with E-state index in [1.54, 1.807) is 6.20 Å². The maximum absolute atomic E-state index is 5.54. The molecule has 1 fully saturated rings. The van der Waals surface area contributed by atoms with Crippen LogP contribution in [0.25, 0.3) is 0 Å². The highest BCUT2D eigenvalue weighted by atomic mass is 16.5. The minimum absolute atomic E-state index is 0.583. The first kappa shape index (κ1) is 9.68. The lowest BCUT2D eigenvalue weighted by molar-refractivity contribution is 0.184. The van der Waals surface area contributed by atoms with E-state index < -0.39 is 0 Å². The van der Waals surface area contributed by atoms with Gasteiger partial charge in [-0.2, -0.15) is 0 Å². The number of ether oxygens (including phenoxy) is 1. The molecule has 0 aromatic carbocycles. The standard InChI is InChI=1S/C10H16N2O2/c11-3-1-9-6-12-10(14-9)5-8-2-4-13-7-8/h6,8H,1-5,7,11H2. The van der Waals surface area contributed by atoms with Crippen molar-refractivity contribution in [1.29, 1.82) is 0 Å². The number of nitrogens with two attached hydrogens (primary N) is 1. The highest BCUT2D eigenvalue weighted by Crippen LogP contribution is 2.18. The van der Waals surface area contributed by atoms with E-state index in [-0.39, 0.29) is 0 Å². The molecule has 1 aliphatic rings. The first-order valence-corrected chi connectivity index (χ1v) is 5.10. The molecule has 1 aliphatic heterocycles. The van der Waals surface area contributed by atoms with Gasteiger partial charge in [-0.15, -0.1) is 0 Å². The molecule has 1 saturated heterocycles. The molecule has 78 valence electrons. The second-order valence-corrected chi connectivity index (χ2v) is 3.69. The van der Waals surface area contributed by atoms with Gasteiger partial charge < -0.3 is 14.9 Å². The Kier molecular flexibility index (Phi) is 3.16. The molecule has 1 aromatic heterocycles. The Morgan fingerprint density at radius 1 is 1.57 bits per heavy atom. The highest BCUT2D eigenvalue weighted by Gasteiger charge is 2.18. The van der Waals surface area contributed by atoms with Gasteiger partial charge in [-0.3, -0.25) is 0 Å². The number of hydrogen-bond donors (Lipinski definition) is 1. The summed E-state index contributed by atoms with van der Waals surface area (Å²) in [5.74, 6) is 2.30. The van der Waals surface area contributed by atoms with Crippen LogP contribution in [0, 0.1) is 5.92 Å². The summed E-state index contributed by atoms with van der Waals surface area (Å²) in [6, 6.07) is 0. The molecule has 0 amide bonds. The number of nitrogens with zero attached hydrogens (tertiary/aromatic N) is 1. The number of rotatable bonds is 4. The Labute approximate surface area is 83.4 Å². The third-order valence-electron chi connectivity index (χ3n) is 2.48. The van der Waals surface area contributed by atoms with E-state index in [0.717, 1.165) is 44.1 Å². The molecule has 0 saturated carbocycles. The van der Waals surface area contributed by atoms with Crippen LogP contribution in [0.4, 0.5) is 0 Å². The van der Waals surface area contributed by atoms with Gasteiger partial charge in [0.25, 0.3) is 0 Å². The van der Waals surface area contributed by atoms with Crippen LogP contribution in [0.2, 0.25) is 0 Å². The largest absolute Gasteiger partial charge is 0.446 e. The van der Waals surface area contributed by atoms with E-state index in [2.05, 4.69) is 4.98 Å². The summed E-state index contributed by atoms with van der Waals surface area (Å²) < 4.78 is 10.8. The van der Waals surface area contributed by atoms with E-state index in [4.69, 9.17) is 14.9 Å². The molecule has 1 unspecified atom stereocenters. The van der Waals surface area contributed by atoms with Gasteiger partial charge >= 0.3 is 0 Å². The Bertz CT molecular complexity index is 279. The van der Waals surface area contributed by atoms with E-state index in [0.29, 0.717) is 12.5 Å². The maximum atomic E-state index is 5.54. The van der Waals surface area contributed by atoms with E-state index in [1.807, 2.05) is 0 Å². The molecule has 4 heteroatoms. The van der Waals surface area contributed by atoms with Crippen LogP contribution >= 0.6 is 0 Å². The van der Waals surface area contributed by atoms with Gasteiger partial charge in [0, 0.05) is 26.1 Å². The Hall–Kier alpha value is -0.870. The zero-order valence-corrected chi connectivity index (χ0v) is 8.24. The van der Waals surface area contributed by atoms with Crippen molar-refractivity contribution >= 4 is 0 Å². The molecule has 0 radical (unpaired) electrons. The summed E-state index contributed by atoms with van der Waals surface area (Å²) in [5.41, 5.74) is 5.43. The summed E-state index contributed by atoms with van der Waals surface area (Å²) in [4.78, 5) is 4.22. The van der Waals surface area contributed by atoms with Gasteiger partial charge in [-0.05, 0) is 18.9 Å². The van der Waals surface area contributed by atoms with Crippen LogP contribution in [0.1, 0.15) is 18.1 Å². The summed E-state index contributed by atoms with van der Waals surface area (Å²) in [7, 11) is 0. The van der Waals surface area contributed by atoms with E-state index in [1.165, 1.54) is 0 Å². The molecule has 14 heavy (non-hydrogen) atoms. The monoisotopic (exact) mass is 196 g/mol. The third kappa shape index (κ3) is 2.33. The molecule has 2 rings (SSSR count). The highest BCUT2D eigenvalue weighted by molar-refractivity contribution is 4.95. The molecule has 0 bridgehead atoms. The minimum atomic E-state index is 0.583. The predicted octanol–water partition coefficient (Wildman–Crippen LogP) is 0.755. The van der Waals surface area contributed by atoms with Gasteiger partial charge in [0.05, 0.1) is 6.20 Å². The van der Waals surface area contributed by atoms with Gasteiger partial charge in [0.2, 0.25) is 0 Å². The summed E-state index contributed by atoms with van der Waals surface area (Å²) in [5, 5.41) is 0. The minimum Gasteiger partial charge on any atom is -0.446 e. The van der Waals surface area contributed by atoms with Crippen molar-refractivity contribution in [2.45, 2.75) is 19.3 Å². The van der Waals surface area contributed by atoms with Crippen molar-refractivity contribution in [2.75, 3.05) is 19.8 Å². The number of oxazole rings is 1. The lowest BCUT2D eigenvalue weighted by Crippen LogP contribution is -2.03. The normalized spacial score (nSPS) is 21.6. The fourth-order valence-electron chi connectivity index (χ4n) is 1.69. The second kappa shape index (κ2) is 4.57. The van der Waals surface area contributed by atoms with Crippen molar-refractivity contribution in [2.24, 2.45) is 11.7 Å². The molecular formula is C10H16N2O2. The Balaban J connectivity index is 1.88. The quantitative estimate of drug-likeness (QED) is 0.772. The lowest BCUT2D eigenvalue weighted by atomic mass is 10.1. The SMILES string of the molecule is NCCc1cnc(CC2CCOC2)o1. The van der Waals surface area contributed by atoms with Crippen molar-refractivity contribution < 1.29 is 9.15 Å². The van der Waals surface area contributed by atoms with Crippen LogP contribution in [0.15, 0.2) is 10.6 Å². The van der Waals surface area contributed by atoms with Crippen LogP contribution in [0.5, 0.6) is 0 Å². The zero-order valence-electron chi connectivity index (χ0n) is 8.24. The smallest absolute Gasteiger partial charge is 0.194 e. The first-order valence-electron chi connectivity index (χ1n) is 5.10. The third-order valence-corrected chi connectivity index (χ3v) is 2.48. The van der Waals surface area contributed by atoms with Crippen LogP contribution in [0.3, 0.4) is 0 Å². The molecule has 0 spiro atoms. The van der Waals surface area contributed by atoms with Crippen molar-refractivity contribution in [3.63, 3.8) is 0 Å². The van der Waals surface area contributed by atoms with Crippen molar-refractivity contribution in [1.82, 2.24) is 4.98 Å². The molecule has 1 atom stereocenters. The molecule has 0 aliphatic carbocycles. The van der Waals surface area contributed by atoms with Gasteiger partial charge in [-0.1, -0.05) is 0 Å². The maximum Gasteiger partial charge on any atom is 0.194 e. The predicted molar refractivity (Wildman–Crippen MR) is 51.9 cm³/mol. The number of hydrogen-bond acceptors (Lipinski definition) is 4. The van der Waals surface area contributed by atoms with Crippen LogP contribution < -0.4 is 5.73 Å². The fraction of sp³-hybridized carbons (Fsp3) is 0.700. The Morgan fingerprint density at radius 2 is 2.50 bits per heavy atom. The lowest BCUT2D eigenvalue weighted by Gasteiger charge is -2.02. The summed E-state index contributed by atoms with van der Waals surface area (Å²) in [6.07, 6.45) is 4.56. The van der Waals surface area contributed by atoms with Crippen molar-refractivity contribution in [3.05, 3.63) is 17.8 Å². The Morgan fingerprint density at radius 3 is 3.21 bits per heavy atom. The van der Waals surface area contributed by atoms with Crippen LogP contribution in [-0.2, 0) is 17.6 Å². The molecule has 4 nitrogen and oxygen atoms in total. The second-order valence-electron chi connectivity index (χ2n) is 3.69. The average molecular weight is 196 g/mol. The molecule has 2 N–H and O–H groups in total. The van der Waals surface area contributed by atoms with Crippen molar-refractivity contribution in [3.8, 4) is 0 Å². The average Bonchev–Trinajstić information content (AvgIpc) is 2.79. The summed E-state index contributed by atoms with van der Waals surface area (Å²) >= 11 is 0. The topological polar surface area (TPSA) is 61.3 Å². The van der Waals surface area contributed by atoms with Gasteiger partial charge in [-0.25, -0.2) is 4.98 Å². The number of aromatic nitrogens is 1. The first-order chi connectivity index (χ1) is 6.88. The van der Waals surface area contributed by atoms with E-state index in [9.17, 15) is 0 Å². The van der Waals surface area contributed by atoms with Gasteiger partial charge in [0.1, 0.15) is 5.76 Å². The molecular weight excluding hydrogens is 180 g/mol. The molecule has 2 heterocycles. The van der Waals surface area contributed by atoms with Gasteiger partial charge in [0.15, 0.2) is 5.89 Å². The molecule has 1 aromatic rings. The zero-order chi connectivity index (χ0) is 9.80. The summed E-state index contributed by atoms with van der Waals surface area (Å²) in [6.45, 7) is 2.33. The van der Waals surface area contributed by atoms with Crippen LogP contribution in [-0.4, -0.2) is 24.7 Å². The fourth-order valence-corrected chi connectivity index (χ4v) is 1.69.